The molecular weight excluding hydrogens is 404 g/mol. The Morgan fingerprint density at radius 2 is 1.84 bits per heavy atom. The molecule has 0 spiro atoms. The minimum absolute atomic E-state index is 0.0993. The first-order valence-corrected chi connectivity index (χ1v) is 12.4. The van der Waals surface area contributed by atoms with Gasteiger partial charge in [0.05, 0.1) is 5.56 Å². The molecule has 0 radical (unpaired) electrons. The van der Waals surface area contributed by atoms with E-state index in [1.54, 1.807) is 11.3 Å². The average molecular weight is 439 g/mol. The highest BCUT2D eigenvalue weighted by molar-refractivity contribution is 7.17. The average Bonchev–Trinajstić information content (AvgIpc) is 3.10. The topological polar surface area (TPSA) is 49.4 Å². The third kappa shape index (κ3) is 4.57. The van der Waals surface area contributed by atoms with Gasteiger partial charge >= 0.3 is 0 Å². The Hall–Kier alpha value is -2.14. The molecule has 2 amide bonds. The number of likely N-dealkylation sites (tertiary alicyclic amines) is 1. The van der Waals surface area contributed by atoms with Crippen LogP contribution >= 0.6 is 11.3 Å². The molecule has 1 aromatic heterocycles. The van der Waals surface area contributed by atoms with Gasteiger partial charge < -0.3 is 10.2 Å². The molecule has 1 fully saturated rings. The Labute approximate surface area is 190 Å². The number of nitrogens with one attached hydrogen (secondary N) is 1. The fraction of sp³-hybridized carbons (Fsp3) is 0.538. The van der Waals surface area contributed by atoms with E-state index in [1.807, 2.05) is 35.2 Å². The van der Waals surface area contributed by atoms with E-state index in [9.17, 15) is 9.59 Å². The number of hydrogen-bond donors (Lipinski definition) is 1. The van der Waals surface area contributed by atoms with Crippen LogP contribution in [0.5, 0.6) is 0 Å². The second kappa shape index (κ2) is 8.78. The zero-order valence-electron chi connectivity index (χ0n) is 19.2. The van der Waals surface area contributed by atoms with Crippen molar-refractivity contribution in [2.24, 2.45) is 11.3 Å². The van der Waals surface area contributed by atoms with E-state index in [4.69, 9.17) is 0 Å². The van der Waals surface area contributed by atoms with Gasteiger partial charge in [0.2, 0.25) is 0 Å². The highest BCUT2D eigenvalue weighted by Gasteiger charge is 2.36. The molecule has 2 aromatic rings. The number of carbonyl (C=O) groups is 2. The maximum absolute atomic E-state index is 13.7. The molecule has 1 aliphatic carbocycles. The maximum Gasteiger partial charge on any atom is 0.257 e. The second-order valence-corrected chi connectivity index (χ2v) is 11.3. The first kappa shape index (κ1) is 22.1. The van der Waals surface area contributed by atoms with E-state index in [0.29, 0.717) is 11.5 Å². The normalized spacial score (nSPS) is 21.5. The first-order valence-electron chi connectivity index (χ1n) is 11.6. The summed E-state index contributed by atoms with van der Waals surface area (Å²) in [6, 6.07) is 9.51. The smallest absolute Gasteiger partial charge is 0.257 e. The highest BCUT2D eigenvalue weighted by atomic mass is 32.1. The first-order chi connectivity index (χ1) is 14.8. The molecule has 0 bridgehead atoms. The molecule has 4 rings (SSSR count). The zero-order valence-corrected chi connectivity index (χ0v) is 20.0. The molecule has 1 aromatic carbocycles. The van der Waals surface area contributed by atoms with Gasteiger partial charge in [-0.3, -0.25) is 9.59 Å². The van der Waals surface area contributed by atoms with Gasteiger partial charge in [-0.1, -0.05) is 39.0 Å². The summed E-state index contributed by atoms with van der Waals surface area (Å²) < 4.78 is 0. The Bertz CT molecular complexity index is 958. The van der Waals surface area contributed by atoms with E-state index in [1.165, 1.54) is 16.9 Å². The lowest BCUT2D eigenvalue weighted by Crippen LogP contribution is -2.42. The Balaban J connectivity index is 1.70. The number of anilines is 1. The third-order valence-corrected chi connectivity index (χ3v) is 8.20. The summed E-state index contributed by atoms with van der Waals surface area (Å²) in [5.74, 6) is 0.544. The summed E-state index contributed by atoms with van der Waals surface area (Å²) in [4.78, 5) is 30.0. The fourth-order valence-electron chi connectivity index (χ4n) is 4.95. The summed E-state index contributed by atoms with van der Waals surface area (Å²) in [7, 11) is 0. The molecular formula is C26H34N2O2S. The van der Waals surface area contributed by atoms with Crippen LogP contribution in [-0.2, 0) is 12.8 Å². The molecule has 1 saturated heterocycles. The van der Waals surface area contributed by atoms with Crippen molar-refractivity contribution < 1.29 is 9.59 Å². The molecule has 1 N–H and O–H groups in total. The van der Waals surface area contributed by atoms with Crippen molar-refractivity contribution in [3.05, 3.63) is 51.9 Å². The number of carbonyl (C=O) groups excluding carboxylic acids is 2. The van der Waals surface area contributed by atoms with Crippen molar-refractivity contribution >= 4 is 28.2 Å². The van der Waals surface area contributed by atoms with Crippen LogP contribution in [0.3, 0.4) is 0 Å². The van der Waals surface area contributed by atoms with E-state index >= 15 is 0 Å². The Morgan fingerprint density at radius 3 is 2.52 bits per heavy atom. The summed E-state index contributed by atoms with van der Waals surface area (Å²) in [6.45, 7) is 9.86. The van der Waals surface area contributed by atoms with Crippen LogP contribution in [0.2, 0.25) is 0 Å². The molecule has 2 heterocycles. The molecule has 5 heteroatoms. The zero-order chi connectivity index (χ0) is 22.2. The second-order valence-electron chi connectivity index (χ2n) is 10.2. The predicted octanol–water partition coefficient (Wildman–Crippen LogP) is 6.17. The summed E-state index contributed by atoms with van der Waals surface area (Å²) in [5, 5.41) is 3.84. The van der Waals surface area contributed by atoms with Gasteiger partial charge in [-0.05, 0) is 74.5 Å². The minimum atomic E-state index is -0.146. The largest absolute Gasteiger partial charge is 0.336 e. The summed E-state index contributed by atoms with van der Waals surface area (Å²) in [6.07, 6.45) is 6.28. The standard InChI is InChI=1S/C26H34N2O2S/c1-17-10-8-9-15-28(17)25(30)22-20-14-13-19(26(2,3)4)16-21(20)31-24(22)27-23(29)18-11-6-5-7-12-18/h5-7,11-12,17,19H,8-10,13-16H2,1-4H3,(H,27,29)/t17-,19+/m1/s1. The van der Waals surface area contributed by atoms with Crippen LogP contribution in [0.25, 0.3) is 0 Å². The number of amides is 2. The van der Waals surface area contributed by atoms with Gasteiger partial charge in [0.15, 0.2) is 0 Å². The number of nitrogens with zero attached hydrogens (tertiary/aromatic N) is 1. The van der Waals surface area contributed by atoms with Gasteiger partial charge in [0.25, 0.3) is 11.8 Å². The minimum Gasteiger partial charge on any atom is -0.336 e. The molecule has 2 aliphatic rings. The van der Waals surface area contributed by atoms with Crippen LogP contribution in [-0.4, -0.2) is 29.3 Å². The van der Waals surface area contributed by atoms with E-state index in [0.717, 1.165) is 49.2 Å². The van der Waals surface area contributed by atoms with Crippen molar-refractivity contribution in [3.8, 4) is 0 Å². The molecule has 4 nitrogen and oxygen atoms in total. The Morgan fingerprint density at radius 1 is 1.10 bits per heavy atom. The number of benzene rings is 1. The van der Waals surface area contributed by atoms with Crippen molar-refractivity contribution in [1.29, 1.82) is 0 Å². The lowest BCUT2D eigenvalue weighted by atomic mass is 9.72. The monoisotopic (exact) mass is 438 g/mol. The predicted molar refractivity (Wildman–Crippen MR) is 128 cm³/mol. The SMILES string of the molecule is C[C@@H]1CCCCN1C(=O)c1c(NC(=O)c2ccccc2)sc2c1CC[C@H](C(C)(C)C)C2. The van der Waals surface area contributed by atoms with Crippen molar-refractivity contribution in [2.75, 3.05) is 11.9 Å². The number of hydrogen-bond acceptors (Lipinski definition) is 3. The van der Waals surface area contributed by atoms with Crippen LogP contribution in [0.15, 0.2) is 30.3 Å². The number of piperidine rings is 1. The molecule has 0 saturated carbocycles. The molecule has 2 atom stereocenters. The Kier molecular flexibility index (Phi) is 6.25. The molecule has 1 aliphatic heterocycles. The van der Waals surface area contributed by atoms with Crippen molar-refractivity contribution in [2.45, 2.75) is 72.3 Å². The maximum atomic E-state index is 13.7. The lowest BCUT2D eigenvalue weighted by molar-refractivity contribution is 0.0635. The molecule has 166 valence electrons. The van der Waals surface area contributed by atoms with Gasteiger partial charge in [-0.2, -0.15) is 0 Å². The van der Waals surface area contributed by atoms with E-state index < -0.39 is 0 Å². The number of fused-ring (bicyclic) bond motifs is 1. The van der Waals surface area contributed by atoms with Gasteiger partial charge in [-0.15, -0.1) is 11.3 Å². The van der Waals surface area contributed by atoms with Crippen LogP contribution in [0.4, 0.5) is 5.00 Å². The van der Waals surface area contributed by atoms with Crippen molar-refractivity contribution in [1.82, 2.24) is 4.90 Å². The highest BCUT2D eigenvalue weighted by Crippen LogP contribution is 2.45. The van der Waals surface area contributed by atoms with E-state index in [2.05, 4.69) is 33.0 Å². The van der Waals surface area contributed by atoms with Gasteiger partial charge in [-0.25, -0.2) is 0 Å². The number of thiophene rings is 1. The van der Waals surface area contributed by atoms with Crippen LogP contribution in [0, 0.1) is 11.3 Å². The quantitative estimate of drug-likeness (QED) is 0.623. The van der Waals surface area contributed by atoms with Gasteiger partial charge in [0.1, 0.15) is 5.00 Å². The van der Waals surface area contributed by atoms with Gasteiger partial charge in [0, 0.05) is 23.0 Å². The van der Waals surface area contributed by atoms with E-state index in [-0.39, 0.29) is 23.3 Å². The van der Waals surface area contributed by atoms with Crippen LogP contribution < -0.4 is 5.32 Å². The number of rotatable bonds is 3. The van der Waals surface area contributed by atoms with Crippen molar-refractivity contribution in [3.63, 3.8) is 0 Å². The van der Waals surface area contributed by atoms with Crippen LogP contribution in [0.1, 0.15) is 84.5 Å². The summed E-state index contributed by atoms with van der Waals surface area (Å²) in [5.41, 5.74) is 2.79. The molecule has 0 unspecified atom stereocenters. The fourth-order valence-corrected chi connectivity index (χ4v) is 6.26. The summed E-state index contributed by atoms with van der Waals surface area (Å²) >= 11 is 1.62. The lowest BCUT2D eigenvalue weighted by Gasteiger charge is -2.35. The third-order valence-electron chi connectivity index (χ3n) is 7.03. The molecule has 31 heavy (non-hydrogen) atoms.